The summed E-state index contributed by atoms with van der Waals surface area (Å²) in [6.45, 7) is 3.68. The van der Waals surface area contributed by atoms with E-state index in [1.54, 1.807) is 11.9 Å². The first-order valence-corrected chi connectivity index (χ1v) is 5.40. The van der Waals surface area contributed by atoms with Gasteiger partial charge in [0.15, 0.2) is 0 Å². The molecule has 1 aromatic rings. The van der Waals surface area contributed by atoms with Crippen LogP contribution in [0.4, 0.5) is 0 Å². The molecular formula is C10H18N4O2. The largest absolute Gasteiger partial charge is 0.381 e. The molecule has 1 N–H and O–H groups in total. The molecule has 6 heteroatoms. The topological polar surface area (TPSA) is 71.1 Å². The van der Waals surface area contributed by atoms with Crippen LogP contribution in [0.5, 0.6) is 0 Å². The van der Waals surface area contributed by atoms with E-state index < -0.39 is 0 Å². The van der Waals surface area contributed by atoms with E-state index in [4.69, 9.17) is 4.74 Å². The van der Waals surface area contributed by atoms with Crippen LogP contribution in [0.1, 0.15) is 25.6 Å². The van der Waals surface area contributed by atoms with Gasteiger partial charge in [-0.15, -0.1) is 0 Å². The monoisotopic (exact) mass is 226 g/mol. The van der Waals surface area contributed by atoms with Crippen LogP contribution in [0, 0.1) is 0 Å². The fourth-order valence-electron chi connectivity index (χ4n) is 1.22. The minimum Gasteiger partial charge on any atom is -0.381 e. The fraction of sp³-hybridized carbons (Fsp3) is 0.700. The van der Waals surface area contributed by atoms with Gasteiger partial charge in [-0.25, -0.2) is 4.98 Å². The van der Waals surface area contributed by atoms with Crippen molar-refractivity contribution >= 4 is 5.91 Å². The van der Waals surface area contributed by atoms with Crippen LogP contribution < -0.4 is 0 Å². The second-order valence-corrected chi connectivity index (χ2v) is 3.54. The highest BCUT2D eigenvalue weighted by atomic mass is 16.5. The van der Waals surface area contributed by atoms with E-state index in [1.165, 1.54) is 6.33 Å². The second-order valence-electron chi connectivity index (χ2n) is 3.54. The molecule has 0 aliphatic rings. The Kier molecular flexibility index (Phi) is 5.49. The Morgan fingerprint density at radius 2 is 2.38 bits per heavy atom. The lowest BCUT2D eigenvalue weighted by Crippen LogP contribution is -2.27. The Labute approximate surface area is 95.0 Å². The SMILES string of the molecule is CCCOCCC(=O)N(C)Cc1ncn[nH]1. The van der Waals surface area contributed by atoms with Crippen molar-refractivity contribution in [2.45, 2.75) is 26.3 Å². The third kappa shape index (κ3) is 4.39. The third-order valence-corrected chi connectivity index (χ3v) is 2.09. The van der Waals surface area contributed by atoms with Crippen molar-refractivity contribution in [3.8, 4) is 0 Å². The molecule has 0 aliphatic carbocycles. The maximum atomic E-state index is 11.6. The van der Waals surface area contributed by atoms with Gasteiger partial charge < -0.3 is 9.64 Å². The molecule has 0 bridgehead atoms. The number of rotatable bonds is 7. The van der Waals surface area contributed by atoms with Crippen LogP contribution in [-0.4, -0.2) is 46.2 Å². The van der Waals surface area contributed by atoms with Crippen LogP contribution in [0.15, 0.2) is 6.33 Å². The summed E-state index contributed by atoms with van der Waals surface area (Å²) in [6.07, 6.45) is 2.81. The smallest absolute Gasteiger partial charge is 0.225 e. The molecule has 0 aromatic carbocycles. The number of amides is 1. The van der Waals surface area contributed by atoms with E-state index in [0.717, 1.165) is 6.42 Å². The average Bonchev–Trinajstić information content (AvgIpc) is 2.76. The number of carbonyl (C=O) groups excluding carboxylic acids is 1. The number of hydrogen-bond donors (Lipinski definition) is 1. The molecule has 0 atom stereocenters. The predicted molar refractivity (Wildman–Crippen MR) is 58.6 cm³/mol. The molecule has 0 fully saturated rings. The standard InChI is InChI=1S/C10H18N4O2/c1-3-5-16-6-4-10(15)14(2)7-9-11-8-12-13-9/h8H,3-7H2,1-2H3,(H,11,12,13). The summed E-state index contributed by atoms with van der Waals surface area (Å²) in [5.74, 6) is 0.734. The van der Waals surface area contributed by atoms with Crippen molar-refractivity contribution in [1.82, 2.24) is 20.1 Å². The number of aromatic amines is 1. The molecule has 1 aromatic heterocycles. The minimum atomic E-state index is 0.0486. The summed E-state index contributed by atoms with van der Waals surface area (Å²) < 4.78 is 5.26. The number of aromatic nitrogens is 3. The Morgan fingerprint density at radius 1 is 1.56 bits per heavy atom. The second kappa shape index (κ2) is 6.95. The Morgan fingerprint density at radius 3 is 3.00 bits per heavy atom. The van der Waals surface area contributed by atoms with Gasteiger partial charge in [0.05, 0.1) is 19.6 Å². The zero-order valence-electron chi connectivity index (χ0n) is 9.77. The van der Waals surface area contributed by atoms with Crippen LogP contribution in [0.2, 0.25) is 0 Å². The van der Waals surface area contributed by atoms with Crippen molar-refractivity contribution in [2.75, 3.05) is 20.3 Å². The van der Waals surface area contributed by atoms with E-state index in [9.17, 15) is 4.79 Å². The molecule has 0 spiro atoms. The average molecular weight is 226 g/mol. The molecule has 0 saturated carbocycles. The fourth-order valence-corrected chi connectivity index (χ4v) is 1.22. The van der Waals surface area contributed by atoms with Gasteiger partial charge in [-0.2, -0.15) is 5.10 Å². The molecule has 1 rings (SSSR count). The highest BCUT2D eigenvalue weighted by Crippen LogP contribution is 1.98. The summed E-state index contributed by atoms with van der Waals surface area (Å²) in [5.41, 5.74) is 0. The summed E-state index contributed by atoms with van der Waals surface area (Å²) in [7, 11) is 1.74. The van der Waals surface area contributed by atoms with Gasteiger partial charge in [-0.1, -0.05) is 6.92 Å². The van der Waals surface area contributed by atoms with E-state index in [0.29, 0.717) is 32.0 Å². The first-order chi connectivity index (χ1) is 7.74. The number of nitrogens with zero attached hydrogens (tertiary/aromatic N) is 3. The maximum absolute atomic E-state index is 11.6. The molecule has 16 heavy (non-hydrogen) atoms. The van der Waals surface area contributed by atoms with Crippen LogP contribution >= 0.6 is 0 Å². The lowest BCUT2D eigenvalue weighted by atomic mass is 10.4. The van der Waals surface area contributed by atoms with Gasteiger partial charge in [-0.05, 0) is 6.42 Å². The Bertz CT molecular complexity index is 300. The van der Waals surface area contributed by atoms with Crippen molar-refractivity contribution in [1.29, 1.82) is 0 Å². The summed E-state index contributed by atoms with van der Waals surface area (Å²) >= 11 is 0. The van der Waals surface area contributed by atoms with E-state index >= 15 is 0 Å². The number of hydrogen-bond acceptors (Lipinski definition) is 4. The third-order valence-electron chi connectivity index (χ3n) is 2.09. The van der Waals surface area contributed by atoms with Gasteiger partial charge in [0, 0.05) is 13.7 Å². The number of carbonyl (C=O) groups is 1. The molecule has 0 aliphatic heterocycles. The molecule has 0 saturated heterocycles. The molecule has 0 radical (unpaired) electrons. The van der Waals surface area contributed by atoms with Crippen molar-refractivity contribution in [3.05, 3.63) is 12.2 Å². The normalized spacial score (nSPS) is 10.4. The number of ether oxygens (including phenoxy) is 1. The Balaban J connectivity index is 2.20. The van der Waals surface area contributed by atoms with Gasteiger partial charge in [0.2, 0.25) is 5.91 Å². The molecule has 6 nitrogen and oxygen atoms in total. The van der Waals surface area contributed by atoms with E-state index in [-0.39, 0.29) is 5.91 Å². The number of H-pyrrole nitrogens is 1. The van der Waals surface area contributed by atoms with E-state index in [1.807, 2.05) is 6.92 Å². The van der Waals surface area contributed by atoms with Crippen molar-refractivity contribution < 1.29 is 9.53 Å². The van der Waals surface area contributed by atoms with Crippen LogP contribution in [0.3, 0.4) is 0 Å². The highest BCUT2D eigenvalue weighted by molar-refractivity contribution is 5.75. The molecular weight excluding hydrogens is 208 g/mol. The number of nitrogens with one attached hydrogen (secondary N) is 1. The summed E-state index contributed by atoms with van der Waals surface area (Å²) in [4.78, 5) is 17.2. The zero-order valence-corrected chi connectivity index (χ0v) is 9.77. The molecule has 90 valence electrons. The molecule has 1 amide bonds. The van der Waals surface area contributed by atoms with Crippen LogP contribution in [0.25, 0.3) is 0 Å². The predicted octanol–water partition coefficient (Wildman–Crippen LogP) is 0.580. The maximum Gasteiger partial charge on any atom is 0.225 e. The van der Waals surface area contributed by atoms with Crippen molar-refractivity contribution in [2.24, 2.45) is 0 Å². The highest BCUT2D eigenvalue weighted by Gasteiger charge is 2.10. The zero-order chi connectivity index (χ0) is 11.8. The summed E-state index contributed by atoms with van der Waals surface area (Å²) in [5, 5.41) is 6.44. The van der Waals surface area contributed by atoms with Crippen LogP contribution in [-0.2, 0) is 16.1 Å². The van der Waals surface area contributed by atoms with Gasteiger partial charge in [0.25, 0.3) is 0 Å². The Hall–Kier alpha value is -1.43. The molecule has 1 heterocycles. The molecule has 0 unspecified atom stereocenters. The lowest BCUT2D eigenvalue weighted by Gasteiger charge is -2.15. The van der Waals surface area contributed by atoms with Gasteiger partial charge in [-0.3, -0.25) is 9.89 Å². The van der Waals surface area contributed by atoms with E-state index in [2.05, 4.69) is 15.2 Å². The van der Waals surface area contributed by atoms with Gasteiger partial charge in [0.1, 0.15) is 12.2 Å². The van der Waals surface area contributed by atoms with Gasteiger partial charge >= 0.3 is 0 Å². The van der Waals surface area contributed by atoms with Crippen molar-refractivity contribution in [3.63, 3.8) is 0 Å². The summed E-state index contributed by atoms with van der Waals surface area (Å²) in [6, 6.07) is 0. The first kappa shape index (κ1) is 12.6. The first-order valence-electron chi connectivity index (χ1n) is 5.40. The minimum absolute atomic E-state index is 0.0486. The quantitative estimate of drug-likeness (QED) is 0.690. The lowest BCUT2D eigenvalue weighted by molar-refractivity contribution is -0.131.